The summed E-state index contributed by atoms with van der Waals surface area (Å²) >= 11 is 4.86. The molecule has 1 aromatic heterocycles. The topological polar surface area (TPSA) is 84.1 Å². The lowest BCUT2D eigenvalue weighted by molar-refractivity contribution is -0.119. The second kappa shape index (κ2) is 5.36. The van der Waals surface area contributed by atoms with E-state index in [1.165, 1.54) is 12.4 Å². The van der Waals surface area contributed by atoms with Crippen molar-refractivity contribution in [3.8, 4) is 0 Å². The van der Waals surface area contributed by atoms with Crippen LogP contribution in [0.3, 0.4) is 0 Å². The quantitative estimate of drug-likeness (QED) is 0.675. The number of nitrogens with one attached hydrogen (secondary N) is 1. The Morgan fingerprint density at radius 1 is 1.56 bits per heavy atom. The van der Waals surface area contributed by atoms with Gasteiger partial charge in [0.05, 0.1) is 6.54 Å². The Bertz CT molecular complexity index is 409. The van der Waals surface area contributed by atoms with Crippen molar-refractivity contribution in [3.05, 3.63) is 18.1 Å². The smallest absolute Gasteiger partial charge is 0.239 e. The SMILES string of the molecule is CNC(=O)CN(C)c1nccnc1C(N)=S. The molecule has 86 valence electrons. The highest BCUT2D eigenvalue weighted by Crippen LogP contribution is 2.12. The van der Waals surface area contributed by atoms with Gasteiger partial charge in [-0.3, -0.25) is 4.79 Å². The molecule has 0 aliphatic carbocycles. The molecule has 0 fully saturated rings. The van der Waals surface area contributed by atoms with Gasteiger partial charge in [0.25, 0.3) is 0 Å². The number of anilines is 1. The third-order valence-electron chi connectivity index (χ3n) is 1.93. The Labute approximate surface area is 98.9 Å². The van der Waals surface area contributed by atoms with Crippen LogP contribution < -0.4 is 16.0 Å². The first-order valence-electron chi connectivity index (χ1n) is 4.58. The number of carbonyl (C=O) groups excluding carboxylic acids is 1. The standard InChI is InChI=1S/C9H13N5OS/c1-11-6(15)5-14(2)9-7(8(10)16)12-3-4-13-9/h3-4H,5H2,1-2H3,(H2,10,16)(H,11,15). The normalized spacial score (nSPS) is 9.62. The molecule has 0 aromatic carbocycles. The summed E-state index contributed by atoms with van der Waals surface area (Å²) in [5.74, 6) is 0.376. The van der Waals surface area contributed by atoms with Crippen molar-refractivity contribution in [3.63, 3.8) is 0 Å². The van der Waals surface area contributed by atoms with Crippen molar-refractivity contribution in [1.29, 1.82) is 0 Å². The first kappa shape index (κ1) is 12.3. The number of hydrogen-bond donors (Lipinski definition) is 2. The molecule has 1 amide bonds. The zero-order valence-electron chi connectivity index (χ0n) is 9.10. The average molecular weight is 239 g/mol. The zero-order valence-corrected chi connectivity index (χ0v) is 9.91. The Kier molecular flexibility index (Phi) is 4.12. The molecule has 1 aromatic rings. The molecule has 0 radical (unpaired) electrons. The highest BCUT2D eigenvalue weighted by atomic mass is 32.1. The van der Waals surface area contributed by atoms with E-state index in [2.05, 4.69) is 15.3 Å². The first-order valence-corrected chi connectivity index (χ1v) is 4.99. The maximum Gasteiger partial charge on any atom is 0.239 e. The van der Waals surface area contributed by atoms with Crippen molar-refractivity contribution in [2.45, 2.75) is 0 Å². The predicted molar refractivity (Wildman–Crippen MR) is 65.3 cm³/mol. The number of amides is 1. The van der Waals surface area contributed by atoms with Gasteiger partial charge in [-0.15, -0.1) is 0 Å². The highest BCUT2D eigenvalue weighted by Gasteiger charge is 2.14. The number of aromatic nitrogens is 2. The van der Waals surface area contributed by atoms with E-state index in [1.54, 1.807) is 19.0 Å². The summed E-state index contributed by atoms with van der Waals surface area (Å²) in [5, 5.41) is 2.52. The molecule has 0 saturated heterocycles. The van der Waals surface area contributed by atoms with Crippen LogP contribution in [0.4, 0.5) is 5.82 Å². The van der Waals surface area contributed by atoms with E-state index >= 15 is 0 Å². The summed E-state index contributed by atoms with van der Waals surface area (Å²) in [6, 6.07) is 0. The van der Waals surface area contributed by atoms with Crippen LogP contribution in [0.25, 0.3) is 0 Å². The maximum atomic E-state index is 11.2. The van der Waals surface area contributed by atoms with Gasteiger partial charge in [-0.25, -0.2) is 9.97 Å². The third-order valence-corrected chi connectivity index (χ3v) is 2.13. The number of hydrogen-bond acceptors (Lipinski definition) is 5. The molecular formula is C9H13N5OS. The van der Waals surface area contributed by atoms with E-state index in [9.17, 15) is 4.79 Å². The number of nitrogens with zero attached hydrogens (tertiary/aromatic N) is 3. The van der Waals surface area contributed by atoms with Gasteiger partial charge in [-0.05, 0) is 0 Å². The largest absolute Gasteiger partial charge is 0.388 e. The molecule has 0 aliphatic rings. The summed E-state index contributed by atoms with van der Waals surface area (Å²) < 4.78 is 0. The minimum atomic E-state index is -0.123. The molecule has 0 unspecified atom stereocenters. The second-order valence-corrected chi connectivity index (χ2v) is 3.56. The van der Waals surface area contributed by atoms with E-state index in [0.717, 1.165) is 0 Å². The molecule has 16 heavy (non-hydrogen) atoms. The molecule has 0 atom stereocenters. The third kappa shape index (κ3) is 2.86. The van der Waals surface area contributed by atoms with Gasteiger partial charge >= 0.3 is 0 Å². The molecule has 3 N–H and O–H groups in total. The molecular weight excluding hydrogens is 226 g/mol. The van der Waals surface area contributed by atoms with Gasteiger partial charge in [0, 0.05) is 26.5 Å². The lowest BCUT2D eigenvalue weighted by Crippen LogP contribution is -2.34. The molecule has 0 aliphatic heterocycles. The summed E-state index contributed by atoms with van der Waals surface area (Å²) in [6.07, 6.45) is 3.03. The monoisotopic (exact) mass is 239 g/mol. The molecule has 0 bridgehead atoms. The number of carbonyl (C=O) groups is 1. The summed E-state index contributed by atoms with van der Waals surface area (Å²) in [6.45, 7) is 0.171. The minimum absolute atomic E-state index is 0.123. The van der Waals surface area contributed by atoms with Crippen LogP contribution in [0.5, 0.6) is 0 Å². The van der Waals surface area contributed by atoms with Crippen molar-refractivity contribution in [1.82, 2.24) is 15.3 Å². The van der Waals surface area contributed by atoms with Crippen LogP contribution in [0, 0.1) is 0 Å². The van der Waals surface area contributed by atoms with Crippen LogP contribution in [-0.2, 0) is 4.79 Å². The van der Waals surface area contributed by atoms with Crippen molar-refractivity contribution in [2.75, 3.05) is 25.5 Å². The van der Waals surface area contributed by atoms with E-state index < -0.39 is 0 Å². The summed E-state index contributed by atoms with van der Waals surface area (Å²) in [4.78, 5) is 21.1. The number of rotatable bonds is 4. The van der Waals surface area contributed by atoms with E-state index in [-0.39, 0.29) is 17.4 Å². The number of nitrogens with two attached hydrogens (primary N) is 1. The highest BCUT2D eigenvalue weighted by molar-refractivity contribution is 7.80. The summed E-state index contributed by atoms with van der Waals surface area (Å²) in [5.41, 5.74) is 5.94. The predicted octanol–water partition coefficient (Wildman–Crippen LogP) is -0.707. The molecule has 7 heteroatoms. The van der Waals surface area contributed by atoms with Crippen LogP contribution in [0.2, 0.25) is 0 Å². The number of likely N-dealkylation sites (N-methyl/N-ethyl adjacent to an activating group) is 2. The average Bonchev–Trinajstić information content (AvgIpc) is 2.28. The molecule has 0 saturated carbocycles. The summed E-state index contributed by atoms with van der Waals surface area (Å²) in [7, 11) is 3.29. The van der Waals surface area contributed by atoms with Gasteiger partial charge < -0.3 is 16.0 Å². The van der Waals surface area contributed by atoms with Gasteiger partial charge in [0.15, 0.2) is 5.82 Å². The molecule has 6 nitrogen and oxygen atoms in total. The van der Waals surface area contributed by atoms with Crippen molar-refractivity contribution >= 4 is 28.9 Å². The van der Waals surface area contributed by atoms with E-state index in [4.69, 9.17) is 18.0 Å². The van der Waals surface area contributed by atoms with Gasteiger partial charge in [-0.2, -0.15) is 0 Å². The van der Waals surface area contributed by atoms with Crippen molar-refractivity contribution < 1.29 is 4.79 Å². The fraction of sp³-hybridized carbons (Fsp3) is 0.333. The maximum absolute atomic E-state index is 11.2. The lowest BCUT2D eigenvalue weighted by Gasteiger charge is -2.18. The lowest BCUT2D eigenvalue weighted by atomic mass is 10.3. The van der Waals surface area contributed by atoms with Crippen LogP contribution in [-0.4, -0.2) is 41.5 Å². The Hall–Kier alpha value is -1.76. The Morgan fingerprint density at radius 3 is 2.75 bits per heavy atom. The Balaban J connectivity index is 2.94. The van der Waals surface area contributed by atoms with E-state index in [0.29, 0.717) is 11.5 Å². The Morgan fingerprint density at radius 2 is 2.19 bits per heavy atom. The molecule has 1 rings (SSSR count). The fourth-order valence-electron chi connectivity index (χ4n) is 1.15. The van der Waals surface area contributed by atoms with Gasteiger partial charge in [0.1, 0.15) is 10.7 Å². The first-order chi connectivity index (χ1) is 7.56. The van der Waals surface area contributed by atoms with Crippen molar-refractivity contribution in [2.24, 2.45) is 5.73 Å². The fourth-order valence-corrected chi connectivity index (χ4v) is 1.30. The molecule has 1 heterocycles. The zero-order chi connectivity index (χ0) is 12.1. The van der Waals surface area contributed by atoms with Crippen LogP contribution in [0.1, 0.15) is 5.69 Å². The number of thiocarbonyl (C=S) groups is 1. The van der Waals surface area contributed by atoms with Crippen LogP contribution in [0.15, 0.2) is 12.4 Å². The van der Waals surface area contributed by atoms with Gasteiger partial charge in [0.2, 0.25) is 5.91 Å². The van der Waals surface area contributed by atoms with Gasteiger partial charge in [-0.1, -0.05) is 12.2 Å². The minimum Gasteiger partial charge on any atom is -0.388 e. The second-order valence-electron chi connectivity index (χ2n) is 3.12. The van der Waals surface area contributed by atoms with E-state index in [1.807, 2.05) is 0 Å². The van der Waals surface area contributed by atoms with Crippen LogP contribution >= 0.6 is 12.2 Å². The molecule has 0 spiro atoms.